The molecule has 0 saturated heterocycles. The summed E-state index contributed by atoms with van der Waals surface area (Å²) in [4.78, 5) is 18.2. The second-order valence-electron chi connectivity index (χ2n) is 6.43. The Hall–Kier alpha value is -3.39. The molecule has 0 radical (unpaired) electrons. The largest absolute Gasteiger partial charge is 0.340 e. The van der Waals surface area contributed by atoms with E-state index in [-0.39, 0.29) is 5.78 Å². The highest BCUT2D eigenvalue weighted by Crippen LogP contribution is 2.31. The van der Waals surface area contributed by atoms with Gasteiger partial charge in [0.15, 0.2) is 12.0 Å². The molecule has 3 aromatic rings. The number of carbonyl (C=O) groups excluding carboxylic acids is 1. The molecule has 4 rings (SSSR count). The van der Waals surface area contributed by atoms with Gasteiger partial charge in [-0.3, -0.25) is 4.79 Å². The monoisotopic (exact) mass is 342 g/mol. The van der Waals surface area contributed by atoms with Crippen molar-refractivity contribution in [2.45, 2.75) is 26.4 Å². The molecule has 0 atom stereocenters. The third-order valence-corrected chi connectivity index (χ3v) is 4.75. The van der Waals surface area contributed by atoms with Gasteiger partial charge in [0.2, 0.25) is 0 Å². The quantitative estimate of drug-likeness (QED) is 0.563. The standard InChI is InChI=1S/C21H18N4O/c1-2-20(26)14-6-7-15-10-23-21(9-17(15)8-14)24-19-5-3-4-16-11-25(13-22)12-18(16)19/h3-10H,2,11-12H2,1H3,(H,23,24). The predicted octanol–water partition coefficient (Wildman–Crippen LogP) is 4.37. The molecule has 0 spiro atoms. The highest BCUT2D eigenvalue weighted by Gasteiger charge is 2.20. The molecule has 5 nitrogen and oxygen atoms in total. The fourth-order valence-electron chi connectivity index (χ4n) is 3.33. The van der Waals surface area contributed by atoms with Gasteiger partial charge >= 0.3 is 0 Å². The number of carbonyl (C=O) groups is 1. The Morgan fingerprint density at radius 3 is 2.92 bits per heavy atom. The van der Waals surface area contributed by atoms with Gasteiger partial charge in [-0.2, -0.15) is 5.26 Å². The first kappa shape index (κ1) is 16.1. The van der Waals surface area contributed by atoms with E-state index in [1.165, 1.54) is 0 Å². The topological polar surface area (TPSA) is 69.0 Å². The maximum Gasteiger partial charge on any atom is 0.179 e. The lowest BCUT2D eigenvalue weighted by molar-refractivity contribution is 0.0988. The summed E-state index contributed by atoms with van der Waals surface area (Å²) in [5.74, 6) is 0.859. The molecule has 26 heavy (non-hydrogen) atoms. The van der Waals surface area contributed by atoms with Crippen LogP contribution >= 0.6 is 0 Å². The molecule has 0 aliphatic carbocycles. The lowest BCUT2D eigenvalue weighted by Gasteiger charge is -2.11. The molecule has 0 amide bonds. The van der Waals surface area contributed by atoms with Crippen LogP contribution in [0.4, 0.5) is 11.5 Å². The number of hydrogen-bond acceptors (Lipinski definition) is 5. The lowest BCUT2D eigenvalue weighted by Crippen LogP contribution is -2.07. The highest BCUT2D eigenvalue weighted by molar-refractivity contribution is 6.00. The summed E-state index contributed by atoms with van der Waals surface area (Å²) in [7, 11) is 0. The van der Waals surface area contributed by atoms with Crippen molar-refractivity contribution in [3.05, 3.63) is 65.4 Å². The molecule has 0 saturated carbocycles. The number of aromatic nitrogens is 1. The van der Waals surface area contributed by atoms with Crippen LogP contribution < -0.4 is 5.32 Å². The van der Waals surface area contributed by atoms with Gasteiger partial charge in [-0.25, -0.2) is 4.98 Å². The van der Waals surface area contributed by atoms with Gasteiger partial charge in [-0.05, 0) is 29.1 Å². The molecule has 0 fully saturated rings. The molecule has 5 heteroatoms. The number of ketones is 1. The highest BCUT2D eigenvalue weighted by atomic mass is 16.1. The van der Waals surface area contributed by atoms with Gasteiger partial charge < -0.3 is 10.2 Å². The summed E-state index contributed by atoms with van der Waals surface area (Å²) in [6.45, 7) is 3.12. The molecular weight excluding hydrogens is 324 g/mol. The number of pyridine rings is 1. The van der Waals surface area contributed by atoms with Crippen molar-refractivity contribution in [1.82, 2.24) is 9.88 Å². The van der Waals surface area contributed by atoms with Gasteiger partial charge in [-0.1, -0.05) is 31.2 Å². The van der Waals surface area contributed by atoms with Gasteiger partial charge in [0.25, 0.3) is 0 Å². The van der Waals surface area contributed by atoms with E-state index in [4.69, 9.17) is 5.26 Å². The summed E-state index contributed by atoms with van der Waals surface area (Å²) in [5, 5.41) is 14.5. The van der Waals surface area contributed by atoms with Crippen molar-refractivity contribution in [2.24, 2.45) is 0 Å². The number of benzene rings is 2. The van der Waals surface area contributed by atoms with Crippen molar-refractivity contribution in [2.75, 3.05) is 5.32 Å². The predicted molar refractivity (Wildman–Crippen MR) is 101 cm³/mol. The number of nitrogens with one attached hydrogen (secondary N) is 1. The van der Waals surface area contributed by atoms with E-state index in [1.54, 1.807) is 4.90 Å². The smallest absolute Gasteiger partial charge is 0.179 e. The van der Waals surface area contributed by atoms with Gasteiger partial charge in [0, 0.05) is 34.8 Å². The minimum Gasteiger partial charge on any atom is -0.340 e. The van der Waals surface area contributed by atoms with Gasteiger partial charge in [-0.15, -0.1) is 0 Å². The second kappa shape index (κ2) is 6.49. The van der Waals surface area contributed by atoms with Crippen LogP contribution in [0.25, 0.3) is 10.8 Å². The molecule has 1 aromatic heterocycles. The molecule has 2 aromatic carbocycles. The Morgan fingerprint density at radius 2 is 2.12 bits per heavy atom. The van der Waals surface area contributed by atoms with E-state index in [9.17, 15) is 4.79 Å². The number of Topliss-reactive ketones (excluding diaryl/α,β-unsaturated/α-hetero) is 1. The number of nitrogens with zero attached hydrogens (tertiary/aromatic N) is 3. The van der Waals surface area contributed by atoms with E-state index < -0.39 is 0 Å². The third kappa shape index (κ3) is 2.86. The number of hydrogen-bond donors (Lipinski definition) is 1. The van der Waals surface area contributed by atoms with Gasteiger partial charge in [0.05, 0.1) is 13.1 Å². The Balaban J connectivity index is 1.68. The Morgan fingerprint density at radius 1 is 1.23 bits per heavy atom. The first-order chi connectivity index (χ1) is 12.7. The number of nitriles is 1. The number of fused-ring (bicyclic) bond motifs is 2. The molecule has 0 unspecified atom stereocenters. The average molecular weight is 342 g/mol. The van der Waals surface area contributed by atoms with Crippen LogP contribution in [0, 0.1) is 11.5 Å². The SMILES string of the molecule is CCC(=O)c1ccc2cnc(Nc3cccc4c3CN(C#N)C4)cc2c1. The van der Waals surface area contributed by atoms with Crippen molar-refractivity contribution in [3.8, 4) is 6.19 Å². The molecule has 0 bridgehead atoms. The maximum atomic E-state index is 12.0. The first-order valence-corrected chi connectivity index (χ1v) is 8.63. The number of rotatable bonds is 4. The fourth-order valence-corrected chi connectivity index (χ4v) is 3.33. The van der Waals surface area contributed by atoms with Crippen LogP contribution in [-0.4, -0.2) is 15.7 Å². The second-order valence-corrected chi connectivity index (χ2v) is 6.43. The minimum atomic E-state index is 0.135. The first-order valence-electron chi connectivity index (χ1n) is 8.63. The molecule has 1 aliphatic rings. The van der Waals surface area contributed by atoms with Crippen LogP contribution in [-0.2, 0) is 13.1 Å². The molecular formula is C21H18N4O. The van der Waals surface area contributed by atoms with Crippen molar-refractivity contribution >= 4 is 28.1 Å². The molecule has 2 heterocycles. The van der Waals surface area contributed by atoms with Crippen molar-refractivity contribution in [1.29, 1.82) is 5.26 Å². The van der Waals surface area contributed by atoms with E-state index in [2.05, 4.69) is 16.5 Å². The Kier molecular flexibility index (Phi) is 4.02. The van der Waals surface area contributed by atoms with Crippen LogP contribution in [0.2, 0.25) is 0 Å². The summed E-state index contributed by atoms with van der Waals surface area (Å²) in [6, 6.07) is 13.7. The zero-order valence-electron chi connectivity index (χ0n) is 14.5. The molecule has 128 valence electrons. The summed E-state index contributed by atoms with van der Waals surface area (Å²) < 4.78 is 0. The van der Waals surface area contributed by atoms with E-state index in [1.807, 2.05) is 55.6 Å². The third-order valence-electron chi connectivity index (χ3n) is 4.75. The van der Waals surface area contributed by atoms with Crippen molar-refractivity contribution < 1.29 is 4.79 Å². The zero-order chi connectivity index (χ0) is 18.1. The Bertz CT molecular complexity index is 1050. The zero-order valence-corrected chi connectivity index (χ0v) is 14.5. The van der Waals surface area contributed by atoms with Crippen molar-refractivity contribution in [3.63, 3.8) is 0 Å². The maximum absolute atomic E-state index is 12.0. The average Bonchev–Trinajstić information content (AvgIpc) is 3.11. The Labute approximate surface area is 151 Å². The van der Waals surface area contributed by atoms with Crippen LogP contribution in [0.1, 0.15) is 34.8 Å². The summed E-state index contributed by atoms with van der Waals surface area (Å²) in [6.07, 6.45) is 4.51. The number of anilines is 2. The molecule has 1 aliphatic heterocycles. The van der Waals surface area contributed by atoms with Crippen LogP contribution in [0.3, 0.4) is 0 Å². The van der Waals surface area contributed by atoms with Crippen LogP contribution in [0.15, 0.2) is 48.7 Å². The molecule has 1 N–H and O–H groups in total. The van der Waals surface area contributed by atoms with Crippen LogP contribution in [0.5, 0.6) is 0 Å². The summed E-state index contributed by atoms with van der Waals surface area (Å²) in [5.41, 5.74) is 3.98. The van der Waals surface area contributed by atoms with E-state index in [0.717, 1.165) is 39.0 Å². The summed E-state index contributed by atoms with van der Waals surface area (Å²) >= 11 is 0. The minimum absolute atomic E-state index is 0.135. The normalized spacial score (nSPS) is 12.7. The van der Waals surface area contributed by atoms with E-state index >= 15 is 0 Å². The van der Waals surface area contributed by atoms with Gasteiger partial charge in [0.1, 0.15) is 5.82 Å². The fraction of sp³-hybridized carbons (Fsp3) is 0.190. The van der Waals surface area contributed by atoms with E-state index in [0.29, 0.717) is 19.5 Å². The lowest BCUT2D eigenvalue weighted by atomic mass is 10.0.